The predicted octanol–water partition coefficient (Wildman–Crippen LogP) is 3.73. The predicted molar refractivity (Wildman–Crippen MR) is 83.5 cm³/mol. The largest absolute Gasteiger partial charge is 0.365 e. The number of carbonyl (C=O) groups is 1. The summed E-state index contributed by atoms with van der Waals surface area (Å²) in [4.78, 5) is 12.6. The van der Waals surface area contributed by atoms with Crippen molar-refractivity contribution in [2.24, 2.45) is 0 Å². The van der Waals surface area contributed by atoms with E-state index in [0.717, 1.165) is 17.5 Å². The zero-order valence-electron chi connectivity index (χ0n) is 12.6. The molecule has 108 valence electrons. The molecule has 2 nitrogen and oxygen atoms in total. The minimum absolute atomic E-state index is 0.144. The average Bonchev–Trinajstić information content (AvgIpc) is 2.50. The fourth-order valence-corrected chi connectivity index (χ4v) is 2.87. The van der Waals surface area contributed by atoms with Gasteiger partial charge in [-0.05, 0) is 48.1 Å². The van der Waals surface area contributed by atoms with Gasteiger partial charge in [0.05, 0.1) is 6.61 Å². The average molecular weight is 280 g/mol. The van der Waals surface area contributed by atoms with E-state index in [1.54, 1.807) is 0 Å². The van der Waals surface area contributed by atoms with Crippen LogP contribution >= 0.6 is 0 Å². The minimum atomic E-state index is -0.406. The van der Waals surface area contributed by atoms with Crippen LogP contribution in [0.2, 0.25) is 0 Å². The van der Waals surface area contributed by atoms with Crippen LogP contribution in [0.15, 0.2) is 42.5 Å². The number of hydrogen-bond acceptors (Lipinski definition) is 2. The number of aryl methyl sites for hydroxylation is 2. The number of ketones is 1. The Bertz CT molecular complexity index is 673. The smallest absolute Gasteiger partial charge is 0.170 e. The lowest BCUT2D eigenvalue weighted by Gasteiger charge is -2.25. The van der Waals surface area contributed by atoms with Crippen molar-refractivity contribution in [3.63, 3.8) is 0 Å². The molecule has 0 fully saturated rings. The van der Waals surface area contributed by atoms with Gasteiger partial charge in [0.15, 0.2) is 5.78 Å². The summed E-state index contributed by atoms with van der Waals surface area (Å²) in [6.07, 6.45) is 0.917. The molecule has 0 aliphatic carbocycles. The van der Waals surface area contributed by atoms with Crippen LogP contribution in [0, 0.1) is 13.8 Å². The third-order valence-electron chi connectivity index (χ3n) is 4.24. The SMILES string of the molecule is Cc1ccc(CC(=O)C2OCCc3ccccc32)cc1C. The molecular formula is C19H20O2. The second-order valence-electron chi connectivity index (χ2n) is 5.76. The molecule has 0 bridgehead atoms. The van der Waals surface area contributed by atoms with Crippen LogP contribution in [-0.2, 0) is 22.4 Å². The number of fused-ring (bicyclic) bond motifs is 1. The van der Waals surface area contributed by atoms with Crippen molar-refractivity contribution >= 4 is 5.78 Å². The molecule has 2 aromatic rings. The Kier molecular flexibility index (Phi) is 3.89. The van der Waals surface area contributed by atoms with Gasteiger partial charge < -0.3 is 4.74 Å². The molecule has 21 heavy (non-hydrogen) atoms. The zero-order valence-corrected chi connectivity index (χ0v) is 12.6. The fraction of sp³-hybridized carbons (Fsp3) is 0.316. The van der Waals surface area contributed by atoms with Gasteiger partial charge in [-0.25, -0.2) is 0 Å². The van der Waals surface area contributed by atoms with Gasteiger partial charge in [0.25, 0.3) is 0 Å². The molecule has 0 amide bonds. The first kappa shape index (κ1) is 14.0. The van der Waals surface area contributed by atoms with Crippen molar-refractivity contribution in [1.82, 2.24) is 0 Å². The summed E-state index contributed by atoms with van der Waals surface area (Å²) in [6.45, 7) is 4.79. The Morgan fingerprint density at radius 1 is 1.14 bits per heavy atom. The van der Waals surface area contributed by atoms with E-state index in [9.17, 15) is 4.79 Å². The fourth-order valence-electron chi connectivity index (χ4n) is 2.87. The van der Waals surface area contributed by atoms with Gasteiger partial charge in [-0.3, -0.25) is 4.79 Å². The van der Waals surface area contributed by atoms with Gasteiger partial charge in [0.2, 0.25) is 0 Å². The maximum absolute atomic E-state index is 12.6. The number of benzene rings is 2. The topological polar surface area (TPSA) is 26.3 Å². The van der Waals surface area contributed by atoms with Crippen LogP contribution in [0.3, 0.4) is 0 Å². The molecule has 2 heteroatoms. The quantitative estimate of drug-likeness (QED) is 0.856. The first-order valence-corrected chi connectivity index (χ1v) is 7.43. The van der Waals surface area contributed by atoms with Crippen LogP contribution in [0.4, 0.5) is 0 Å². The van der Waals surface area contributed by atoms with Gasteiger partial charge in [0, 0.05) is 6.42 Å². The van der Waals surface area contributed by atoms with Crippen molar-refractivity contribution in [2.45, 2.75) is 32.8 Å². The van der Waals surface area contributed by atoms with Gasteiger partial charge >= 0.3 is 0 Å². The van der Waals surface area contributed by atoms with Crippen molar-refractivity contribution in [3.05, 3.63) is 70.3 Å². The molecule has 1 unspecified atom stereocenters. The second kappa shape index (κ2) is 5.82. The van der Waals surface area contributed by atoms with Gasteiger partial charge in [-0.2, -0.15) is 0 Å². The van der Waals surface area contributed by atoms with E-state index < -0.39 is 6.10 Å². The molecule has 2 aromatic carbocycles. The Morgan fingerprint density at radius 2 is 1.95 bits per heavy atom. The van der Waals surface area contributed by atoms with Crippen LogP contribution in [0.25, 0.3) is 0 Å². The molecule has 1 aliphatic rings. The highest BCUT2D eigenvalue weighted by atomic mass is 16.5. The molecule has 0 spiro atoms. The Labute approximate surface area is 125 Å². The highest BCUT2D eigenvalue weighted by Crippen LogP contribution is 2.28. The van der Waals surface area contributed by atoms with Crippen LogP contribution in [-0.4, -0.2) is 12.4 Å². The monoisotopic (exact) mass is 280 g/mol. The molecular weight excluding hydrogens is 260 g/mol. The van der Waals surface area contributed by atoms with Gasteiger partial charge in [-0.15, -0.1) is 0 Å². The lowest BCUT2D eigenvalue weighted by Crippen LogP contribution is -2.24. The normalized spacial score (nSPS) is 17.3. The summed E-state index contributed by atoms with van der Waals surface area (Å²) in [5, 5.41) is 0. The van der Waals surface area contributed by atoms with Gasteiger partial charge in [-0.1, -0.05) is 42.5 Å². The molecule has 0 aromatic heterocycles. The Balaban J connectivity index is 1.81. The zero-order chi connectivity index (χ0) is 14.8. The number of Topliss-reactive ketones (excluding diaryl/α,β-unsaturated/α-hetero) is 1. The number of ether oxygens (including phenoxy) is 1. The molecule has 1 aliphatic heterocycles. The lowest BCUT2D eigenvalue weighted by atomic mass is 9.92. The van der Waals surface area contributed by atoms with Crippen LogP contribution < -0.4 is 0 Å². The van der Waals surface area contributed by atoms with E-state index >= 15 is 0 Å². The van der Waals surface area contributed by atoms with E-state index in [0.29, 0.717) is 13.0 Å². The molecule has 1 heterocycles. The number of rotatable bonds is 3. The maximum Gasteiger partial charge on any atom is 0.170 e. The van der Waals surface area contributed by atoms with E-state index in [-0.39, 0.29) is 5.78 Å². The summed E-state index contributed by atoms with van der Waals surface area (Å²) in [5.41, 5.74) is 5.82. The molecule has 1 atom stereocenters. The van der Waals surface area contributed by atoms with E-state index in [2.05, 4.69) is 32.0 Å². The Morgan fingerprint density at radius 3 is 2.76 bits per heavy atom. The summed E-state index contributed by atoms with van der Waals surface area (Å²) in [6, 6.07) is 14.3. The maximum atomic E-state index is 12.6. The molecule has 0 saturated carbocycles. The van der Waals surface area contributed by atoms with Crippen molar-refractivity contribution < 1.29 is 9.53 Å². The molecule has 3 rings (SSSR count). The van der Waals surface area contributed by atoms with Crippen LogP contribution in [0.1, 0.15) is 33.9 Å². The van der Waals surface area contributed by atoms with E-state index in [1.165, 1.54) is 16.7 Å². The first-order valence-electron chi connectivity index (χ1n) is 7.43. The summed E-state index contributed by atoms with van der Waals surface area (Å²) >= 11 is 0. The molecule has 0 N–H and O–H groups in total. The van der Waals surface area contributed by atoms with Crippen molar-refractivity contribution in [1.29, 1.82) is 0 Å². The van der Waals surface area contributed by atoms with E-state index in [4.69, 9.17) is 4.74 Å². The highest BCUT2D eigenvalue weighted by Gasteiger charge is 2.26. The minimum Gasteiger partial charge on any atom is -0.365 e. The van der Waals surface area contributed by atoms with Gasteiger partial charge in [0.1, 0.15) is 6.10 Å². The standard InChI is InChI=1S/C19H20O2/c1-13-7-8-15(11-14(13)2)12-18(20)19-17-6-4-3-5-16(17)9-10-21-19/h3-8,11,19H,9-10,12H2,1-2H3. The summed E-state index contributed by atoms with van der Waals surface area (Å²) < 4.78 is 5.74. The third kappa shape index (κ3) is 2.91. The molecule has 0 radical (unpaired) electrons. The van der Waals surface area contributed by atoms with Crippen LogP contribution in [0.5, 0.6) is 0 Å². The first-order chi connectivity index (χ1) is 10.1. The third-order valence-corrected chi connectivity index (χ3v) is 4.24. The number of hydrogen-bond donors (Lipinski definition) is 0. The van der Waals surface area contributed by atoms with E-state index in [1.807, 2.05) is 24.3 Å². The second-order valence-corrected chi connectivity index (χ2v) is 5.76. The Hall–Kier alpha value is -1.93. The molecule has 0 saturated heterocycles. The summed E-state index contributed by atoms with van der Waals surface area (Å²) in [5.74, 6) is 0.144. The summed E-state index contributed by atoms with van der Waals surface area (Å²) in [7, 11) is 0. The number of carbonyl (C=O) groups excluding carboxylic acids is 1. The van der Waals surface area contributed by atoms with Crippen molar-refractivity contribution in [3.8, 4) is 0 Å². The van der Waals surface area contributed by atoms with Crippen molar-refractivity contribution in [2.75, 3.05) is 6.61 Å². The highest BCUT2D eigenvalue weighted by molar-refractivity contribution is 5.87. The lowest BCUT2D eigenvalue weighted by molar-refractivity contribution is -0.131.